The zero-order chi connectivity index (χ0) is 20.1. The van der Waals surface area contributed by atoms with Gasteiger partial charge in [-0.1, -0.05) is 48.0 Å². The number of benzene rings is 3. The van der Waals surface area contributed by atoms with Gasteiger partial charge < -0.3 is 9.84 Å². The van der Waals surface area contributed by atoms with E-state index in [0.717, 1.165) is 40.2 Å². The molecule has 1 N–H and O–H groups in total. The minimum Gasteiger partial charge on any atom is -0.497 e. The molecule has 0 saturated carbocycles. The van der Waals surface area contributed by atoms with E-state index in [-0.39, 0.29) is 0 Å². The molecule has 28 heavy (non-hydrogen) atoms. The molecule has 0 fully saturated rings. The molecule has 3 aromatic rings. The third kappa shape index (κ3) is 4.18. The van der Waals surface area contributed by atoms with E-state index in [1.165, 1.54) is 6.08 Å². The van der Waals surface area contributed by atoms with Crippen molar-refractivity contribution in [1.82, 2.24) is 0 Å². The number of carbonyl (C=O) groups excluding carboxylic acids is 1. The van der Waals surface area contributed by atoms with Gasteiger partial charge in [0.15, 0.2) is 6.29 Å². The summed E-state index contributed by atoms with van der Waals surface area (Å²) in [6.45, 7) is 2.01. The van der Waals surface area contributed by atoms with Crippen LogP contribution in [0.2, 0.25) is 0 Å². The van der Waals surface area contributed by atoms with Crippen molar-refractivity contribution < 1.29 is 19.4 Å². The van der Waals surface area contributed by atoms with Gasteiger partial charge in [-0.25, -0.2) is 4.79 Å². The second-order valence-corrected chi connectivity index (χ2v) is 6.41. The van der Waals surface area contributed by atoms with Crippen LogP contribution >= 0.6 is 0 Å². The van der Waals surface area contributed by atoms with Gasteiger partial charge in [0.1, 0.15) is 5.75 Å². The molecule has 0 heterocycles. The number of rotatable bonds is 6. The van der Waals surface area contributed by atoms with Crippen molar-refractivity contribution in [3.8, 4) is 28.0 Å². The minimum atomic E-state index is -1.03. The third-order valence-corrected chi connectivity index (χ3v) is 4.48. The predicted octanol–water partition coefficient (Wildman–Crippen LogP) is 5.25. The lowest BCUT2D eigenvalue weighted by Gasteiger charge is -2.12. The maximum absolute atomic E-state index is 11.8. The first-order valence-electron chi connectivity index (χ1n) is 8.77. The number of hydrogen-bond acceptors (Lipinski definition) is 3. The number of hydrogen-bond donors (Lipinski definition) is 1. The van der Waals surface area contributed by atoms with E-state index in [1.54, 1.807) is 13.2 Å². The molecule has 0 atom stereocenters. The van der Waals surface area contributed by atoms with E-state index in [1.807, 2.05) is 61.5 Å². The number of aliphatic carboxylic acids is 1. The maximum Gasteiger partial charge on any atom is 0.328 e. The normalized spacial score (nSPS) is 10.8. The summed E-state index contributed by atoms with van der Waals surface area (Å²) in [5.74, 6) is -0.405. The van der Waals surface area contributed by atoms with Crippen molar-refractivity contribution in [3.63, 3.8) is 0 Å². The van der Waals surface area contributed by atoms with Gasteiger partial charge in [0.25, 0.3) is 0 Å². The SMILES string of the molecule is COc1ccc(-c2ccc(-c3cccc(C)c3)c(C=O)c2)c(/C=C/C(=O)O)c1. The number of carboxylic acid groups (broad SMARTS) is 1. The molecule has 0 aliphatic rings. The second-order valence-electron chi connectivity index (χ2n) is 6.41. The molecule has 4 heteroatoms. The molecule has 0 aromatic heterocycles. The Balaban J connectivity index is 2.12. The first-order chi connectivity index (χ1) is 13.5. The van der Waals surface area contributed by atoms with E-state index in [2.05, 4.69) is 0 Å². The van der Waals surface area contributed by atoms with Crippen LogP contribution < -0.4 is 4.74 Å². The maximum atomic E-state index is 11.8. The van der Waals surface area contributed by atoms with Crippen molar-refractivity contribution in [3.05, 3.63) is 83.4 Å². The molecule has 4 nitrogen and oxygen atoms in total. The van der Waals surface area contributed by atoms with Crippen LogP contribution in [0.4, 0.5) is 0 Å². The summed E-state index contributed by atoms with van der Waals surface area (Å²) in [7, 11) is 1.56. The summed E-state index contributed by atoms with van der Waals surface area (Å²) >= 11 is 0. The highest BCUT2D eigenvalue weighted by Crippen LogP contribution is 2.32. The molecule has 0 spiro atoms. The van der Waals surface area contributed by atoms with Gasteiger partial charge in [-0.05, 0) is 59.0 Å². The fraction of sp³-hybridized carbons (Fsp3) is 0.0833. The lowest BCUT2D eigenvalue weighted by Crippen LogP contribution is -1.93. The number of aldehydes is 1. The Morgan fingerprint density at radius 2 is 1.64 bits per heavy atom. The van der Waals surface area contributed by atoms with Crippen molar-refractivity contribution >= 4 is 18.3 Å². The Bertz CT molecular complexity index is 1060. The first kappa shape index (κ1) is 19.1. The standard InChI is InChI=1S/C24H20O4/c1-16-4-3-5-17(12-16)23-9-6-18(13-20(23)15-25)22-10-8-21(28-2)14-19(22)7-11-24(26)27/h3-15H,1-2H3,(H,26,27)/b11-7+. The summed E-state index contributed by atoms with van der Waals surface area (Å²) in [6.07, 6.45) is 3.45. The van der Waals surface area contributed by atoms with E-state index in [0.29, 0.717) is 16.9 Å². The lowest BCUT2D eigenvalue weighted by molar-refractivity contribution is -0.131. The molecule has 140 valence electrons. The highest BCUT2D eigenvalue weighted by Gasteiger charge is 2.10. The minimum absolute atomic E-state index is 0.576. The average Bonchev–Trinajstić information content (AvgIpc) is 2.71. The van der Waals surface area contributed by atoms with Gasteiger partial charge in [-0.2, -0.15) is 0 Å². The summed E-state index contributed by atoms with van der Waals surface area (Å²) in [6, 6.07) is 19.1. The fourth-order valence-corrected chi connectivity index (χ4v) is 3.13. The molecule has 0 saturated heterocycles. The molecule has 0 aliphatic heterocycles. The molecule has 3 aromatic carbocycles. The molecule has 0 bridgehead atoms. The third-order valence-electron chi connectivity index (χ3n) is 4.48. The van der Waals surface area contributed by atoms with Crippen LogP contribution in [0.25, 0.3) is 28.3 Å². The number of ether oxygens (including phenoxy) is 1. The van der Waals surface area contributed by atoms with Gasteiger partial charge in [-0.3, -0.25) is 4.79 Å². The Kier molecular flexibility index (Phi) is 5.70. The summed E-state index contributed by atoms with van der Waals surface area (Å²) in [5.41, 5.74) is 5.88. The lowest BCUT2D eigenvalue weighted by atomic mass is 9.92. The highest BCUT2D eigenvalue weighted by molar-refractivity contribution is 5.92. The van der Waals surface area contributed by atoms with E-state index >= 15 is 0 Å². The van der Waals surface area contributed by atoms with Crippen LogP contribution in [0.5, 0.6) is 5.75 Å². The number of carboxylic acids is 1. The Morgan fingerprint density at radius 1 is 0.929 bits per heavy atom. The van der Waals surface area contributed by atoms with E-state index in [9.17, 15) is 9.59 Å². The van der Waals surface area contributed by atoms with Crippen LogP contribution in [0.3, 0.4) is 0 Å². The molecule has 0 aliphatic carbocycles. The van der Waals surface area contributed by atoms with E-state index < -0.39 is 5.97 Å². The fourth-order valence-electron chi connectivity index (χ4n) is 3.13. The number of aryl methyl sites for hydroxylation is 1. The van der Waals surface area contributed by atoms with Crippen molar-refractivity contribution in [2.24, 2.45) is 0 Å². The summed E-state index contributed by atoms with van der Waals surface area (Å²) in [5, 5.41) is 8.97. The summed E-state index contributed by atoms with van der Waals surface area (Å²) < 4.78 is 5.25. The van der Waals surface area contributed by atoms with Crippen LogP contribution in [0.1, 0.15) is 21.5 Å². The van der Waals surface area contributed by atoms with Crippen molar-refractivity contribution in [1.29, 1.82) is 0 Å². The molecule has 3 rings (SSSR count). The topological polar surface area (TPSA) is 63.6 Å². The Hall–Kier alpha value is -3.66. The molecule has 0 unspecified atom stereocenters. The van der Waals surface area contributed by atoms with Crippen LogP contribution in [-0.2, 0) is 4.79 Å². The molecule has 0 radical (unpaired) electrons. The smallest absolute Gasteiger partial charge is 0.328 e. The Morgan fingerprint density at radius 3 is 2.32 bits per heavy atom. The van der Waals surface area contributed by atoms with E-state index in [4.69, 9.17) is 9.84 Å². The number of methoxy groups -OCH3 is 1. The average molecular weight is 372 g/mol. The monoisotopic (exact) mass is 372 g/mol. The van der Waals surface area contributed by atoms with Crippen LogP contribution in [0, 0.1) is 6.92 Å². The zero-order valence-electron chi connectivity index (χ0n) is 15.7. The van der Waals surface area contributed by atoms with Crippen molar-refractivity contribution in [2.75, 3.05) is 7.11 Å². The van der Waals surface area contributed by atoms with Gasteiger partial charge in [0.05, 0.1) is 7.11 Å². The zero-order valence-corrected chi connectivity index (χ0v) is 15.7. The quantitative estimate of drug-likeness (QED) is 0.474. The van der Waals surface area contributed by atoms with Gasteiger partial charge in [0, 0.05) is 11.6 Å². The molecular weight excluding hydrogens is 352 g/mol. The highest BCUT2D eigenvalue weighted by atomic mass is 16.5. The largest absolute Gasteiger partial charge is 0.497 e. The van der Waals surface area contributed by atoms with Gasteiger partial charge in [-0.15, -0.1) is 0 Å². The number of carbonyl (C=O) groups is 2. The molecule has 0 amide bonds. The first-order valence-corrected chi connectivity index (χ1v) is 8.77. The van der Waals surface area contributed by atoms with Crippen molar-refractivity contribution in [2.45, 2.75) is 6.92 Å². The molecular formula is C24H20O4. The summed E-state index contributed by atoms with van der Waals surface area (Å²) in [4.78, 5) is 22.7. The van der Waals surface area contributed by atoms with Crippen LogP contribution in [-0.4, -0.2) is 24.5 Å². The predicted molar refractivity (Wildman–Crippen MR) is 111 cm³/mol. The Labute approximate surface area is 163 Å². The van der Waals surface area contributed by atoms with Gasteiger partial charge >= 0.3 is 5.97 Å². The van der Waals surface area contributed by atoms with Crippen LogP contribution in [0.15, 0.2) is 66.7 Å². The van der Waals surface area contributed by atoms with Gasteiger partial charge in [0.2, 0.25) is 0 Å². The second kappa shape index (κ2) is 8.35.